The van der Waals surface area contributed by atoms with Crippen LogP contribution in [0.15, 0.2) is 6.20 Å². The monoisotopic (exact) mass is 479 g/mol. The van der Waals surface area contributed by atoms with Crippen LogP contribution in [0.3, 0.4) is 0 Å². The number of hydrogen-bond acceptors (Lipinski definition) is 10. The standard InChI is InChI=1S/C16H24ClN5O6P2/c17-16-20-14(18-6-10-2-1-5-26-10)15-19-7-12(22(15)21-16)13-4-3-11(28-13)8-27-30(25)9-29(23)24/h7,10-11,13,23-25H,1-6,8-9H2,(H,18,20,21). The van der Waals surface area contributed by atoms with Crippen molar-refractivity contribution >= 4 is 39.8 Å². The van der Waals surface area contributed by atoms with Crippen molar-refractivity contribution in [3.63, 3.8) is 0 Å². The van der Waals surface area contributed by atoms with Gasteiger partial charge in [0.25, 0.3) is 0 Å². The minimum atomic E-state index is -2.17. The number of fused-ring (bicyclic) bond motifs is 1. The van der Waals surface area contributed by atoms with Gasteiger partial charge in [-0.25, -0.2) is 9.50 Å². The van der Waals surface area contributed by atoms with Crippen LogP contribution in [0, 0.1) is 0 Å². The number of nitrogens with one attached hydrogen (secondary N) is 1. The first-order valence-corrected chi connectivity index (χ1v) is 12.9. The van der Waals surface area contributed by atoms with Crippen LogP contribution < -0.4 is 5.32 Å². The number of hydrogen-bond donors (Lipinski definition) is 4. The molecule has 30 heavy (non-hydrogen) atoms. The number of anilines is 1. The van der Waals surface area contributed by atoms with Gasteiger partial charge in [-0.3, -0.25) is 0 Å². The Balaban J connectivity index is 1.41. The lowest BCUT2D eigenvalue weighted by Gasteiger charge is -2.16. The third kappa shape index (κ3) is 5.54. The van der Waals surface area contributed by atoms with Crippen LogP contribution in [0.5, 0.6) is 0 Å². The smallest absolute Gasteiger partial charge is 0.243 e. The maximum absolute atomic E-state index is 9.68. The predicted octanol–water partition coefficient (Wildman–Crippen LogP) is 2.16. The third-order valence-corrected chi connectivity index (χ3v) is 7.57. The summed E-state index contributed by atoms with van der Waals surface area (Å²) in [6.07, 6.45) is 4.93. The summed E-state index contributed by atoms with van der Waals surface area (Å²) in [7, 11) is -4.04. The van der Waals surface area contributed by atoms with Crippen molar-refractivity contribution in [2.75, 3.05) is 31.0 Å². The van der Waals surface area contributed by atoms with Crippen molar-refractivity contribution in [3.05, 3.63) is 17.2 Å². The van der Waals surface area contributed by atoms with E-state index in [1.807, 2.05) is 0 Å². The molecule has 11 nitrogen and oxygen atoms in total. The third-order valence-electron chi connectivity index (χ3n) is 4.98. The molecule has 2 aliphatic rings. The zero-order chi connectivity index (χ0) is 21.1. The zero-order valence-electron chi connectivity index (χ0n) is 16.1. The first-order chi connectivity index (χ1) is 14.5. The van der Waals surface area contributed by atoms with E-state index >= 15 is 0 Å². The average molecular weight is 480 g/mol. The summed E-state index contributed by atoms with van der Waals surface area (Å²) >= 11 is 6.14. The van der Waals surface area contributed by atoms with E-state index in [9.17, 15) is 4.89 Å². The molecule has 0 bridgehead atoms. The molecule has 4 atom stereocenters. The van der Waals surface area contributed by atoms with Crippen LogP contribution in [0.1, 0.15) is 37.5 Å². The normalized spacial score (nSPS) is 25.4. The Morgan fingerprint density at radius 3 is 2.90 bits per heavy atom. The van der Waals surface area contributed by atoms with Crippen LogP contribution in [0.2, 0.25) is 5.28 Å². The summed E-state index contributed by atoms with van der Waals surface area (Å²) in [4.78, 5) is 36.3. The van der Waals surface area contributed by atoms with Gasteiger partial charge < -0.3 is 34.0 Å². The molecule has 2 saturated heterocycles. The molecule has 14 heteroatoms. The lowest BCUT2D eigenvalue weighted by Crippen LogP contribution is -2.20. The Bertz CT molecular complexity index is 855. The van der Waals surface area contributed by atoms with E-state index < -0.39 is 16.8 Å². The molecule has 2 aromatic heterocycles. The highest BCUT2D eigenvalue weighted by molar-refractivity contribution is 7.63. The predicted molar refractivity (Wildman–Crippen MR) is 111 cm³/mol. The molecule has 2 aliphatic heterocycles. The number of imidazole rings is 1. The molecular weight excluding hydrogens is 456 g/mol. The highest BCUT2D eigenvalue weighted by Gasteiger charge is 2.31. The van der Waals surface area contributed by atoms with Crippen LogP contribution in [-0.4, -0.2) is 72.1 Å². The first-order valence-electron chi connectivity index (χ1n) is 9.66. The van der Waals surface area contributed by atoms with Gasteiger partial charge in [-0.2, -0.15) is 4.98 Å². The zero-order valence-corrected chi connectivity index (χ0v) is 18.6. The van der Waals surface area contributed by atoms with Gasteiger partial charge in [0, 0.05) is 13.2 Å². The Morgan fingerprint density at radius 1 is 1.27 bits per heavy atom. The van der Waals surface area contributed by atoms with E-state index in [0.29, 0.717) is 18.0 Å². The minimum Gasteiger partial charge on any atom is -0.376 e. The molecule has 4 heterocycles. The average Bonchev–Trinajstić information content (AvgIpc) is 3.44. The maximum Gasteiger partial charge on any atom is 0.243 e. The highest BCUT2D eigenvalue weighted by atomic mass is 35.5. The van der Waals surface area contributed by atoms with Gasteiger partial charge in [0.05, 0.1) is 36.6 Å². The number of halogens is 1. The fourth-order valence-corrected chi connectivity index (χ4v) is 5.28. The Kier molecular flexibility index (Phi) is 7.67. The summed E-state index contributed by atoms with van der Waals surface area (Å²) in [6, 6.07) is 0. The molecular formula is C16H24ClN5O6P2. The largest absolute Gasteiger partial charge is 0.376 e. The molecule has 0 aromatic carbocycles. The van der Waals surface area contributed by atoms with E-state index in [1.54, 1.807) is 10.7 Å². The van der Waals surface area contributed by atoms with Crippen molar-refractivity contribution in [3.8, 4) is 0 Å². The number of nitrogens with zero attached hydrogens (tertiary/aromatic N) is 4. The van der Waals surface area contributed by atoms with E-state index in [4.69, 9.17) is 35.4 Å². The highest BCUT2D eigenvalue weighted by Crippen LogP contribution is 2.44. The van der Waals surface area contributed by atoms with Gasteiger partial charge in [-0.05, 0) is 37.3 Å². The Hall–Kier alpha value is -0.740. The molecule has 0 amide bonds. The summed E-state index contributed by atoms with van der Waals surface area (Å²) in [5.74, 6) is 0.399. The number of aromatic nitrogens is 4. The molecule has 0 aliphatic carbocycles. The number of rotatable bonds is 9. The van der Waals surface area contributed by atoms with Crippen LogP contribution in [0.4, 0.5) is 5.82 Å². The van der Waals surface area contributed by atoms with Crippen LogP contribution in [0.25, 0.3) is 5.65 Å². The topological polar surface area (TPSA) is 143 Å². The molecule has 2 aromatic rings. The molecule has 4 unspecified atom stereocenters. The molecule has 0 spiro atoms. The molecule has 2 fully saturated rings. The molecule has 0 radical (unpaired) electrons. The van der Waals surface area contributed by atoms with Crippen LogP contribution in [-0.2, 0) is 14.0 Å². The van der Waals surface area contributed by atoms with Gasteiger partial charge in [0.2, 0.25) is 5.28 Å². The fourth-order valence-electron chi connectivity index (χ4n) is 3.59. The second kappa shape index (κ2) is 10.3. The molecule has 4 N–H and O–H groups in total. The number of ether oxygens (including phenoxy) is 2. The van der Waals surface area contributed by atoms with Crippen molar-refractivity contribution in [1.29, 1.82) is 0 Å². The van der Waals surface area contributed by atoms with Crippen molar-refractivity contribution in [2.24, 2.45) is 0 Å². The van der Waals surface area contributed by atoms with Crippen molar-refractivity contribution < 1.29 is 28.7 Å². The lowest BCUT2D eigenvalue weighted by molar-refractivity contribution is 0.0151. The maximum atomic E-state index is 9.68. The van der Waals surface area contributed by atoms with Crippen LogP contribution >= 0.6 is 28.4 Å². The van der Waals surface area contributed by atoms with E-state index in [-0.39, 0.29) is 36.1 Å². The lowest BCUT2D eigenvalue weighted by atomic mass is 10.1. The van der Waals surface area contributed by atoms with Gasteiger partial charge >= 0.3 is 0 Å². The van der Waals surface area contributed by atoms with Gasteiger partial charge in [0.15, 0.2) is 28.2 Å². The van der Waals surface area contributed by atoms with E-state index in [1.165, 1.54) is 0 Å². The second-order valence-electron chi connectivity index (χ2n) is 7.15. The SMILES string of the molecule is OP(O)CP(O)OCC1CCC(c2cnc3c(NCC4CCCO4)nc(Cl)nn23)O1. The van der Waals surface area contributed by atoms with Crippen molar-refractivity contribution in [1.82, 2.24) is 19.6 Å². The fraction of sp³-hybridized carbons (Fsp3) is 0.688. The Labute approximate surface area is 180 Å². The minimum absolute atomic E-state index is 0.102. The summed E-state index contributed by atoms with van der Waals surface area (Å²) in [5, 5.41) is 7.65. The van der Waals surface area contributed by atoms with E-state index in [0.717, 1.165) is 38.0 Å². The molecule has 0 saturated carbocycles. The van der Waals surface area contributed by atoms with Gasteiger partial charge in [0.1, 0.15) is 6.10 Å². The second-order valence-corrected chi connectivity index (χ2v) is 10.3. The molecule has 4 rings (SSSR count). The summed E-state index contributed by atoms with van der Waals surface area (Å²) < 4.78 is 18.6. The summed E-state index contributed by atoms with van der Waals surface area (Å²) in [5.41, 5.74) is 1.33. The quantitative estimate of drug-likeness (QED) is 0.395. The summed E-state index contributed by atoms with van der Waals surface area (Å²) in [6.45, 7) is 1.59. The van der Waals surface area contributed by atoms with Gasteiger partial charge in [-0.15, -0.1) is 5.10 Å². The van der Waals surface area contributed by atoms with Crippen molar-refractivity contribution in [2.45, 2.75) is 44.0 Å². The van der Waals surface area contributed by atoms with E-state index in [2.05, 4.69) is 20.4 Å². The van der Waals surface area contributed by atoms with Gasteiger partial charge in [-0.1, -0.05) is 0 Å². The molecule has 166 valence electrons. The first kappa shape index (κ1) is 22.5. The Morgan fingerprint density at radius 2 is 2.13 bits per heavy atom.